The molecule has 2 N–H and O–H groups in total. The van der Waals surface area contributed by atoms with Crippen molar-refractivity contribution in [2.45, 2.75) is 12.5 Å². The minimum absolute atomic E-state index is 0.592. The van der Waals surface area contributed by atoms with Crippen LogP contribution in [0.25, 0.3) is 0 Å². The minimum Gasteiger partial charge on any atom is -0.388 e. The van der Waals surface area contributed by atoms with Gasteiger partial charge in [-0.05, 0) is 13.2 Å². The zero-order valence-corrected chi connectivity index (χ0v) is 9.08. The van der Waals surface area contributed by atoms with Crippen molar-refractivity contribution in [2.75, 3.05) is 25.1 Å². The van der Waals surface area contributed by atoms with Crippen LogP contribution in [-0.2, 0) is 0 Å². The number of rotatable bonds is 6. The summed E-state index contributed by atoms with van der Waals surface area (Å²) in [6.07, 6.45) is 3.78. The molecule has 0 aromatic carbocycles. The highest BCUT2D eigenvalue weighted by Crippen LogP contribution is 2.08. The molecule has 0 heterocycles. The molecule has 0 aliphatic rings. The van der Waals surface area contributed by atoms with E-state index in [1.165, 1.54) is 5.54 Å². The molecule has 0 aliphatic heterocycles. The first kappa shape index (κ1) is 12.3. The van der Waals surface area contributed by atoms with Gasteiger partial charge in [0.2, 0.25) is 0 Å². The maximum atomic E-state index is 9.67. The van der Waals surface area contributed by atoms with Gasteiger partial charge in [-0.2, -0.15) is 11.8 Å². The Hall–Kier alpha value is 0.300. The summed E-state index contributed by atoms with van der Waals surface area (Å²) in [7, 11) is 0. The van der Waals surface area contributed by atoms with Crippen LogP contribution in [0.15, 0.2) is 11.6 Å². The van der Waals surface area contributed by atoms with Crippen LogP contribution in [0.3, 0.4) is 0 Å². The molecule has 4 heteroatoms. The fourth-order valence-electron chi connectivity index (χ4n) is 0.831. The Balaban J connectivity index is 3.46. The summed E-state index contributed by atoms with van der Waals surface area (Å²) < 4.78 is 0. The molecule has 0 aliphatic carbocycles. The highest BCUT2D eigenvalue weighted by atomic mass is 35.5. The van der Waals surface area contributed by atoms with Crippen molar-refractivity contribution in [2.24, 2.45) is 0 Å². The van der Waals surface area contributed by atoms with E-state index in [0.29, 0.717) is 13.1 Å². The van der Waals surface area contributed by atoms with Crippen molar-refractivity contribution in [1.82, 2.24) is 5.32 Å². The SMILES string of the molecule is CSCC(C)(O)CNC/C=C/Cl. The van der Waals surface area contributed by atoms with Crippen molar-refractivity contribution in [3.63, 3.8) is 0 Å². The smallest absolute Gasteiger partial charge is 0.0833 e. The van der Waals surface area contributed by atoms with E-state index in [1.807, 2.05) is 13.2 Å². The van der Waals surface area contributed by atoms with Crippen molar-refractivity contribution in [3.05, 3.63) is 11.6 Å². The van der Waals surface area contributed by atoms with E-state index in [-0.39, 0.29) is 0 Å². The number of hydrogen-bond donors (Lipinski definition) is 2. The number of hydrogen-bond acceptors (Lipinski definition) is 3. The lowest BCUT2D eigenvalue weighted by molar-refractivity contribution is 0.0861. The quantitative estimate of drug-likeness (QED) is 0.650. The lowest BCUT2D eigenvalue weighted by Crippen LogP contribution is -2.40. The Morgan fingerprint density at radius 3 is 2.83 bits per heavy atom. The molecule has 0 amide bonds. The predicted molar refractivity (Wildman–Crippen MR) is 56.9 cm³/mol. The maximum Gasteiger partial charge on any atom is 0.0833 e. The van der Waals surface area contributed by atoms with Gasteiger partial charge in [0.15, 0.2) is 0 Å². The number of thioether (sulfide) groups is 1. The Morgan fingerprint density at radius 1 is 1.67 bits per heavy atom. The van der Waals surface area contributed by atoms with Crippen LogP contribution in [0.4, 0.5) is 0 Å². The Morgan fingerprint density at radius 2 is 2.33 bits per heavy atom. The fourth-order valence-corrected chi connectivity index (χ4v) is 1.64. The number of halogens is 1. The number of aliphatic hydroxyl groups is 1. The molecule has 0 bridgehead atoms. The van der Waals surface area contributed by atoms with Crippen LogP contribution in [-0.4, -0.2) is 35.8 Å². The van der Waals surface area contributed by atoms with E-state index in [4.69, 9.17) is 11.6 Å². The Labute approximate surface area is 83.4 Å². The van der Waals surface area contributed by atoms with Crippen molar-refractivity contribution < 1.29 is 5.11 Å². The summed E-state index contributed by atoms with van der Waals surface area (Å²) >= 11 is 6.96. The molecule has 0 aromatic rings. The van der Waals surface area contributed by atoms with Crippen LogP contribution >= 0.6 is 23.4 Å². The summed E-state index contributed by atoms with van der Waals surface area (Å²) in [6.45, 7) is 3.12. The van der Waals surface area contributed by atoms with E-state index in [1.54, 1.807) is 17.8 Å². The third-order valence-corrected chi connectivity index (χ3v) is 2.40. The molecular weight excluding hydrogens is 194 g/mol. The fraction of sp³-hybridized carbons (Fsp3) is 0.750. The van der Waals surface area contributed by atoms with Crippen LogP contribution in [0.5, 0.6) is 0 Å². The summed E-state index contributed by atoms with van der Waals surface area (Å²) in [5, 5.41) is 12.8. The molecule has 0 saturated carbocycles. The molecule has 12 heavy (non-hydrogen) atoms. The van der Waals surface area contributed by atoms with E-state index < -0.39 is 5.60 Å². The van der Waals surface area contributed by atoms with Crippen LogP contribution in [0.1, 0.15) is 6.92 Å². The molecule has 2 nitrogen and oxygen atoms in total. The standard InChI is InChI=1S/C8H16ClNOS/c1-8(11,7-12-2)6-10-5-3-4-9/h3-4,10-11H,5-7H2,1-2H3/b4-3+. The van der Waals surface area contributed by atoms with Gasteiger partial charge in [0.1, 0.15) is 0 Å². The highest BCUT2D eigenvalue weighted by molar-refractivity contribution is 7.98. The molecule has 1 atom stereocenters. The summed E-state index contributed by atoms with van der Waals surface area (Å²) in [5.74, 6) is 0.741. The van der Waals surface area contributed by atoms with Gasteiger partial charge in [0, 0.05) is 24.4 Å². The normalized spacial score (nSPS) is 16.7. The number of nitrogens with one attached hydrogen (secondary N) is 1. The van der Waals surface area contributed by atoms with Crippen molar-refractivity contribution in [1.29, 1.82) is 0 Å². The molecular formula is C8H16ClNOS. The average molecular weight is 210 g/mol. The van der Waals surface area contributed by atoms with Gasteiger partial charge in [-0.25, -0.2) is 0 Å². The molecule has 72 valence electrons. The van der Waals surface area contributed by atoms with Crippen LogP contribution in [0.2, 0.25) is 0 Å². The molecule has 0 rings (SSSR count). The predicted octanol–water partition coefficient (Wildman–Crippen LogP) is 1.44. The third-order valence-electron chi connectivity index (χ3n) is 1.31. The largest absolute Gasteiger partial charge is 0.388 e. The average Bonchev–Trinajstić information content (AvgIpc) is 1.98. The van der Waals surface area contributed by atoms with Gasteiger partial charge in [-0.3, -0.25) is 0 Å². The van der Waals surface area contributed by atoms with E-state index in [2.05, 4.69) is 5.32 Å². The van der Waals surface area contributed by atoms with Crippen molar-refractivity contribution >= 4 is 23.4 Å². The van der Waals surface area contributed by atoms with Gasteiger partial charge in [-0.15, -0.1) is 0 Å². The molecule has 0 aromatic heterocycles. The molecule has 1 unspecified atom stereocenters. The first-order valence-electron chi connectivity index (χ1n) is 3.79. The van der Waals surface area contributed by atoms with Gasteiger partial charge >= 0.3 is 0 Å². The topological polar surface area (TPSA) is 32.3 Å². The minimum atomic E-state index is -0.625. The lowest BCUT2D eigenvalue weighted by atomic mass is 10.1. The molecule has 0 radical (unpaired) electrons. The second-order valence-corrected chi connectivity index (χ2v) is 4.04. The lowest BCUT2D eigenvalue weighted by Gasteiger charge is -2.21. The van der Waals surface area contributed by atoms with E-state index in [9.17, 15) is 5.11 Å². The van der Waals surface area contributed by atoms with E-state index >= 15 is 0 Å². The van der Waals surface area contributed by atoms with Crippen molar-refractivity contribution in [3.8, 4) is 0 Å². The first-order chi connectivity index (χ1) is 5.62. The zero-order chi connectivity index (χ0) is 9.45. The summed E-state index contributed by atoms with van der Waals surface area (Å²) in [4.78, 5) is 0. The third kappa shape index (κ3) is 6.98. The van der Waals surface area contributed by atoms with Gasteiger partial charge in [0.05, 0.1) is 5.60 Å². The summed E-state index contributed by atoms with van der Waals surface area (Å²) in [6, 6.07) is 0. The van der Waals surface area contributed by atoms with Gasteiger partial charge < -0.3 is 10.4 Å². The maximum absolute atomic E-state index is 9.67. The van der Waals surface area contributed by atoms with Gasteiger partial charge in [-0.1, -0.05) is 17.7 Å². The molecule has 0 saturated heterocycles. The second kappa shape index (κ2) is 6.78. The van der Waals surface area contributed by atoms with Crippen LogP contribution in [0, 0.1) is 0 Å². The monoisotopic (exact) mass is 209 g/mol. The summed E-state index contributed by atoms with van der Waals surface area (Å²) in [5.41, 5.74) is 0.843. The highest BCUT2D eigenvalue weighted by Gasteiger charge is 2.17. The Kier molecular flexibility index (Phi) is 6.95. The Bertz CT molecular complexity index is 139. The zero-order valence-electron chi connectivity index (χ0n) is 7.51. The first-order valence-corrected chi connectivity index (χ1v) is 5.62. The van der Waals surface area contributed by atoms with E-state index in [0.717, 1.165) is 5.75 Å². The molecule has 0 spiro atoms. The second-order valence-electron chi connectivity index (χ2n) is 2.92. The van der Waals surface area contributed by atoms with Crippen LogP contribution < -0.4 is 5.32 Å². The molecule has 0 fully saturated rings. The van der Waals surface area contributed by atoms with Gasteiger partial charge in [0.25, 0.3) is 0 Å².